The maximum absolute atomic E-state index is 13.4. The minimum Gasteiger partial charge on any atom is -0.497 e. The highest BCUT2D eigenvalue weighted by atomic mass is 32.2. The molecular weight excluding hydrogens is 394 g/mol. The van der Waals surface area contributed by atoms with E-state index in [1.54, 1.807) is 11.4 Å². The van der Waals surface area contributed by atoms with Crippen LogP contribution in [0.2, 0.25) is 0 Å². The molecule has 0 unspecified atom stereocenters. The van der Waals surface area contributed by atoms with Crippen LogP contribution in [0.1, 0.15) is 27.8 Å². The number of hydrogen-bond donors (Lipinski definition) is 0. The van der Waals surface area contributed by atoms with Crippen molar-refractivity contribution in [2.24, 2.45) is 0 Å². The Labute approximate surface area is 179 Å². The number of fused-ring (bicyclic) bond motifs is 1. The zero-order valence-corrected chi connectivity index (χ0v) is 18.7. The van der Waals surface area contributed by atoms with Crippen LogP contribution in [-0.2, 0) is 23.0 Å². The van der Waals surface area contributed by atoms with E-state index in [2.05, 4.69) is 18.2 Å². The minimum atomic E-state index is -3.53. The number of hydrogen-bond acceptors (Lipinski definition) is 3. The van der Waals surface area contributed by atoms with Gasteiger partial charge in [-0.2, -0.15) is 4.31 Å². The topological polar surface area (TPSA) is 46.6 Å². The summed E-state index contributed by atoms with van der Waals surface area (Å²) in [5, 5.41) is 0. The second-order valence-corrected chi connectivity index (χ2v) is 9.90. The number of methoxy groups -OCH3 is 1. The van der Waals surface area contributed by atoms with Crippen molar-refractivity contribution in [2.45, 2.75) is 38.6 Å². The number of nitrogens with zero attached hydrogens (tertiary/aromatic N) is 1. The SMILES string of the molecule is COc1ccc(-c2ccc3c(c2)CCN(S(=O)(=O)c2c(C)cc(C)cc2C)C3)cc1. The molecule has 0 aromatic heterocycles. The lowest BCUT2D eigenvalue weighted by molar-refractivity contribution is 0.391. The summed E-state index contributed by atoms with van der Waals surface area (Å²) < 4.78 is 33.7. The van der Waals surface area contributed by atoms with E-state index in [0.717, 1.165) is 39.1 Å². The average molecular weight is 422 g/mol. The molecule has 0 atom stereocenters. The highest BCUT2D eigenvalue weighted by molar-refractivity contribution is 7.89. The standard InChI is InChI=1S/C25H27NO3S/c1-17-13-18(2)25(19(3)14-17)30(27,28)26-12-11-22-15-21(5-6-23(22)16-26)20-7-9-24(29-4)10-8-20/h5-10,13-15H,11-12,16H2,1-4H3. The molecular formula is C25H27NO3S. The fourth-order valence-corrected chi connectivity index (χ4v) is 6.23. The van der Waals surface area contributed by atoms with E-state index >= 15 is 0 Å². The average Bonchev–Trinajstić information content (AvgIpc) is 2.72. The van der Waals surface area contributed by atoms with Crippen molar-refractivity contribution in [1.29, 1.82) is 0 Å². The van der Waals surface area contributed by atoms with Crippen molar-refractivity contribution in [2.75, 3.05) is 13.7 Å². The van der Waals surface area contributed by atoms with Gasteiger partial charge in [0, 0.05) is 13.1 Å². The smallest absolute Gasteiger partial charge is 0.243 e. The number of ether oxygens (including phenoxy) is 1. The molecule has 0 N–H and O–H groups in total. The molecule has 5 heteroatoms. The van der Waals surface area contributed by atoms with E-state index < -0.39 is 10.0 Å². The highest BCUT2D eigenvalue weighted by Crippen LogP contribution is 2.32. The highest BCUT2D eigenvalue weighted by Gasteiger charge is 2.30. The molecule has 4 rings (SSSR count). The van der Waals surface area contributed by atoms with Crippen LogP contribution in [0, 0.1) is 20.8 Å². The number of rotatable bonds is 4. The van der Waals surface area contributed by atoms with Gasteiger partial charge in [0.25, 0.3) is 0 Å². The third-order valence-electron chi connectivity index (χ3n) is 5.81. The van der Waals surface area contributed by atoms with Crippen molar-refractivity contribution in [3.8, 4) is 16.9 Å². The molecule has 1 heterocycles. The van der Waals surface area contributed by atoms with Gasteiger partial charge in [0.2, 0.25) is 10.0 Å². The Hall–Kier alpha value is -2.63. The molecule has 1 aliphatic heterocycles. The molecule has 0 saturated heterocycles. The van der Waals surface area contributed by atoms with Crippen molar-refractivity contribution >= 4 is 10.0 Å². The van der Waals surface area contributed by atoms with Gasteiger partial charge in [-0.3, -0.25) is 0 Å². The van der Waals surface area contributed by atoms with E-state index in [9.17, 15) is 8.42 Å². The quantitative estimate of drug-likeness (QED) is 0.593. The molecule has 0 aliphatic carbocycles. The molecule has 156 valence electrons. The van der Waals surface area contributed by atoms with Gasteiger partial charge in [0.1, 0.15) is 5.75 Å². The first-order valence-corrected chi connectivity index (χ1v) is 11.6. The van der Waals surface area contributed by atoms with E-state index in [1.165, 1.54) is 5.56 Å². The van der Waals surface area contributed by atoms with Gasteiger partial charge in [-0.1, -0.05) is 48.0 Å². The summed E-state index contributed by atoms with van der Waals surface area (Å²) in [6.07, 6.45) is 0.711. The Morgan fingerprint density at radius 1 is 0.833 bits per heavy atom. The molecule has 4 nitrogen and oxygen atoms in total. The number of benzene rings is 3. The lowest BCUT2D eigenvalue weighted by atomic mass is 9.95. The Morgan fingerprint density at radius 2 is 1.47 bits per heavy atom. The molecule has 3 aromatic carbocycles. The molecule has 30 heavy (non-hydrogen) atoms. The van der Waals surface area contributed by atoms with Gasteiger partial charge in [-0.15, -0.1) is 0 Å². The van der Waals surface area contributed by atoms with Gasteiger partial charge in [-0.25, -0.2) is 8.42 Å². The third-order valence-corrected chi connectivity index (χ3v) is 7.96. The molecule has 1 aliphatic rings. The molecule has 0 saturated carbocycles. The fraction of sp³-hybridized carbons (Fsp3) is 0.280. The van der Waals surface area contributed by atoms with E-state index in [1.807, 2.05) is 57.2 Å². The van der Waals surface area contributed by atoms with E-state index in [0.29, 0.717) is 24.4 Å². The molecule has 0 radical (unpaired) electrons. The maximum atomic E-state index is 13.4. The number of aryl methyl sites for hydroxylation is 3. The second kappa shape index (κ2) is 7.89. The Kier molecular flexibility index (Phi) is 5.43. The summed E-state index contributed by atoms with van der Waals surface area (Å²) in [6.45, 7) is 6.66. The maximum Gasteiger partial charge on any atom is 0.243 e. The summed E-state index contributed by atoms with van der Waals surface area (Å²) >= 11 is 0. The predicted molar refractivity (Wildman–Crippen MR) is 120 cm³/mol. The van der Waals surface area contributed by atoms with Crippen LogP contribution < -0.4 is 4.74 Å². The zero-order chi connectivity index (χ0) is 21.5. The van der Waals surface area contributed by atoms with Crippen molar-refractivity contribution in [3.63, 3.8) is 0 Å². The molecule has 0 spiro atoms. The Bertz CT molecular complexity index is 1170. The van der Waals surface area contributed by atoms with Gasteiger partial charge < -0.3 is 4.74 Å². The Morgan fingerprint density at radius 3 is 2.10 bits per heavy atom. The zero-order valence-electron chi connectivity index (χ0n) is 17.9. The van der Waals surface area contributed by atoms with Gasteiger partial charge >= 0.3 is 0 Å². The first-order chi connectivity index (χ1) is 14.3. The first kappa shape index (κ1) is 20.6. The predicted octanol–water partition coefficient (Wildman–Crippen LogP) is 5.03. The summed E-state index contributed by atoms with van der Waals surface area (Å²) in [5.74, 6) is 0.833. The second-order valence-electron chi connectivity index (χ2n) is 8.03. The van der Waals surface area contributed by atoms with Crippen LogP contribution in [-0.4, -0.2) is 26.4 Å². The van der Waals surface area contributed by atoms with E-state index in [-0.39, 0.29) is 0 Å². The van der Waals surface area contributed by atoms with Crippen LogP contribution in [0.25, 0.3) is 11.1 Å². The van der Waals surface area contributed by atoms with Gasteiger partial charge in [-0.05, 0) is 72.7 Å². The van der Waals surface area contributed by atoms with E-state index in [4.69, 9.17) is 4.74 Å². The van der Waals surface area contributed by atoms with Crippen molar-refractivity contribution in [3.05, 3.63) is 82.4 Å². The largest absolute Gasteiger partial charge is 0.497 e. The lowest BCUT2D eigenvalue weighted by Gasteiger charge is -2.29. The first-order valence-electron chi connectivity index (χ1n) is 10.1. The summed E-state index contributed by atoms with van der Waals surface area (Å²) in [7, 11) is -1.87. The monoisotopic (exact) mass is 421 g/mol. The molecule has 0 bridgehead atoms. The molecule has 3 aromatic rings. The van der Waals surface area contributed by atoms with Crippen molar-refractivity contribution < 1.29 is 13.2 Å². The lowest BCUT2D eigenvalue weighted by Crippen LogP contribution is -2.36. The third kappa shape index (κ3) is 3.75. The summed E-state index contributed by atoms with van der Waals surface area (Å²) in [4.78, 5) is 0.450. The molecule has 0 fully saturated rings. The van der Waals surface area contributed by atoms with Gasteiger partial charge in [0.05, 0.1) is 12.0 Å². The van der Waals surface area contributed by atoms with Crippen LogP contribution in [0.4, 0.5) is 0 Å². The van der Waals surface area contributed by atoms with Crippen LogP contribution in [0.15, 0.2) is 59.5 Å². The fourth-order valence-electron chi connectivity index (χ4n) is 4.40. The number of sulfonamides is 1. The Balaban J connectivity index is 1.62. The van der Waals surface area contributed by atoms with Crippen LogP contribution >= 0.6 is 0 Å². The summed E-state index contributed by atoms with van der Waals surface area (Å²) in [5.41, 5.74) is 7.26. The molecule has 0 amide bonds. The normalized spacial score (nSPS) is 14.4. The summed E-state index contributed by atoms with van der Waals surface area (Å²) in [6, 6.07) is 18.2. The van der Waals surface area contributed by atoms with Crippen molar-refractivity contribution in [1.82, 2.24) is 4.31 Å². The van der Waals surface area contributed by atoms with Crippen LogP contribution in [0.5, 0.6) is 5.75 Å². The van der Waals surface area contributed by atoms with Crippen LogP contribution in [0.3, 0.4) is 0 Å². The van der Waals surface area contributed by atoms with Gasteiger partial charge in [0.15, 0.2) is 0 Å². The minimum absolute atomic E-state index is 0.410.